The van der Waals surface area contributed by atoms with Gasteiger partial charge >= 0.3 is 0 Å². The molecule has 3 rings (SSSR count). The topological polar surface area (TPSA) is 41.0 Å². The SMILES string of the molecule is C=C/C(C=Nc1ccc(-c2ccc3nc(C(C)(C)C)[nH]c3c2)cc1C)=C\C=C/C.CC(C)(C)C. The van der Waals surface area contributed by atoms with Gasteiger partial charge in [0.25, 0.3) is 0 Å². The van der Waals surface area contributed by atoms with Crippen LogP contribution in [-0.4, -0.2) is 16.2 Å². The second kappa shape index (κ2) is 11.3. The maximum absolute atomic E-state index is 4.73. The van der Waals surface area contributed by atoms with Crippen LogP contribution in [0.3, 0.4) is 0 Å². The number of hydrogen-bond donors (Lipinski definition) is 1. The zero-order chi connectivity index (χ0) is 25.5. The molecule has 180 valence electrons. The van der Waals surface area contributed by atoms with Gasteiger partial charge in [0.2, 0.25) is 0 Å². The van der Waals surface area contributed by atoms with Gasteiger partial charge in [-0.1, -0.05) is 91.5 Å². The Kier molecular flexibility index (Phi) is 8.98. The molecule has 1 N–H and O–H groups in total. The second-order valence-corrected chi connectivity index (χ2v) is 11.2. The number of hydrogen-bond acceptors (Lipinski definition) is 2. The number of fused-ring (bicyclic) bond motifs is 1. The molecule has 0 saturated carbocycles. The van der Waals surface area contributed by atoms with E-state index in [1.165, 1.54) is 11.1 Å². The number of nitrogens with one attached hydrogen (secondary N) is 1. The molecule has 0 atom stereocenters. The van der Waals surface area contributed by atoms with E-state index in [0.717, 1.165) is 33.7 Å². The molecule has 0 aliphatic rings. The molecule has 0 saturated heterocycles. The van der Waals surface area contributed by atoms with Gasteiger partial charge in [0.05, 0.1) is 16.7 Å². The van der Waals surface area contributed by atoms with Crippen LogP contribution in [0.25, 0.3) is 22.2 Å². The Bertz CT molecular complexity index is 1200. The fraction of sp³-hybridized carbons (Fsp3) is 0.355. The Balaban J connectivity index is 0.000000739. The summed E-state index contributed by atoms with van der Waals surface area (Å²) in [6, 6.07) is 12.7. The van der Waals surface area contributed by atoms with Crippen molar-refractivity contribution in [2.24, 2.45) is 10.4 Å². The van der Waals surface area contributed by atoms with E-state index < -0.39 is 0 Å². The number of aliphatic imine (C=N–C) groups is 1. The third-order valence-corrected chi connectivity index (χ3v) is 4.79. The van der Waals surface area contributed by atoms with Crippen LogP contribution in [0, 0.1) is 12.3 Å². The van der Waals surface area contributed by atoms with Crippen molar-refractivity contribution in [1.29, 1.82) is 0 Å². The molecule has 1 aromatic heterocycles. The summed E-state index contributed by atoms with van der Waals surface area (Å²) < 4.78 is 0. The first kappa shape index (κ1) is 27.0. The number of nitrogens with zero attached hydrogens (tertiary/aromatic N) is 2. The Morgan fingerprint density at radius 1 is 0.971 bits per heavy atom. The van der Waals surface area contributed by atoms with E-state index >= 15 is 0 Å². The molecule has 0 spiro atoms. The maximum atomic E-state index is 4.73. The summed E-state index contributed by atoms with van der Waals surface area (Å²) in [4.78, 5) is 12.8. The predicted octanol–water partition coefficient (Wildman–Crippen LogP) is 9.28. The lowest BCUT2D eigenvalue weighted by Gasteiger charge is -2.13. The van der Waals surface area contributed by atoms with E-state index in [1.54, 1.807) is 6.08 Å². The van der Waals surface area contributed by atoms with Gasteiger partial charge in [-0.2, -0.15) is 0 Å². The number of allylic oxidation sites excluding steroid dienone is 5. The summed E-state index contributed by atoms with van der Waals surface area (Å²) in [5, 5.41) is 0. The van der Waals surface area contributed by atoms with Gasteiger partial charge < -0.3 is 4.98 Å². The van der Waals surface area contributed by atoms with Crippen LogP contribution in [0.15, 0.2) is 77.8 Å². The summed E-state index contributed by atoms with van der Waals surface area (Å²) in [6.45, 7) is 23.2. The maximum Gasteiger partial charge on any atom is 0.112 e. The van der Waals surface area contributed by atoms with Crippen LogP contribution in [-0.2, 0) is 5.41 Å². The molecule has 3 nitrogen and oxygen atoms in total. The van der Waals surface area contributed by atoms with Crippen molar-refractivity contribution < 1.29 is 0 Å². The van der Waals surface area contributed by atoms with E-state index in [4.69, 9.17) is 4.98 Å². The summed E-state index contributed by atoms with van der Waals surface area (Å²) in [5.74, 6) is 1.01. The predicted molar refractivity (Wildman–Crippen MR) is 151 cm³/mol. The molecule has 0 bridgehead atoms. The Hall–Kier alpha value is -3.20. The third kappa shape index (κ3) is 8.30. The van der Waals surface area contributed by atoms with E-state index in [-0.39, 0.29) is 5.41 Å². The van der Waals surface area contributed by atoms with Crippen LogP contribution in [0.5, 0.6) is 0 Å². The van der Waals surface area contributed by atoms with Gasteiger partial charge in [0.15, 0.2) is 0 Å². The van der Waals surface area contributed by atoms with Gasteiger partial charge in [0, 0.05) is 11.6 Å². The van der Waals surface area contributed by atoms with Gasteiger partial charge in [-0.05, 0) is 65.8 Å². The minimum atomic E-state index is 0.00107. The van der Waals surface area contributed by atoms with Crippen LogP contribution < -0.4 is 0 Å². The second-order valence-electron chi connectivity index (χ2n) is 11.2. The summed E-state index contributed by atoms with van der Waals surface area (Å²) in [7, 11) is 0. The van der Waals surface area contributed by atoms with Crippen LogP contribution in [0.4, 0.5) is 5.69 Å². The number of rotatable bonds is 5. The molecule has 0 fully saturated rings. The Morgan fingerprint density at radius 3 is 2.15 bits per heavy atom. The molecular weight excluding hydrogens is 414 g/mol. The van der Waals surface area contributed by atoms with Gasteiger partial charge in [0.1, 0.15) is 5.82 Å². The lowest BCUT2D eigenvalue weighted by Crippen LogP contribution is -2.12. The molecule has 0 aliphatic carbocycles. The van der Waals surface area contributed by atoms with E-state index in [2.05, 4.69) is 108 Å². The molecule has 2 aromatic carbocycles. The average Bonchev–Trinajstić information content (AvgIpc) is 3.17. The molecule has 0 amide bonds. The van der Waals surface area contributed by atoms with Crippen molar-refractivity contribution >= 4 is 22.9 Å². The molecule has 34 heavy (non-hydrogen) atoms. The Morgan fingerprint density at radius 2 is 1.59 bits per heavy atom. The quantitative estimate of drug-likeness (QED) is 0.302. The molecule has 0 aliphatic heterocycles. The lowest BCUT2D eigenvalue weighted by atomic mass is 9.96. The minimum absolute atomic E-state index is 0.00107. The largest absolute Gasteiger partial charge is 0.342 e. The van der Waals surface area contributed by atoms with Gasteiger partial charge in [-0.3, -0.25) is 4.99 Å². The first-order chi connectivity index (χ1) is 15.8. The Labute approximate surface area is 206 Å². The number of imidazole rings is 1. The summed E-state index contributed by atoms with van der Waals surface area (Å²) in [5.41, 5.74) is 7.97. The minimum Gasteiger partial charge on any atom is -0.342 e. The highest BCUT2D eigenvalue weighted by atomic mass is 14.9. The highest BCUT2D eigenvalue weighted by molar-refractivity contribution is 5.86. The number of aryl methyl sites for hydroxylation is 1. The first-order valence-corrected chi connectivity index (χ1v) is 11.9. The zero-order valence-corrected chi connectivity index (χ0v) is 22.5. The van der Waals surface area contributed by atoms with Crippen LogP contribution >= 0.6 is 0 Å². The number of H-pyrrole nitrogens is 1. The lowest BCUT2D eigenvalue weighted by molar-refractivity contribution is 0.469. The standard InChI is InChI=1S/C26H29N3.C5H12/c1-7-9-10-19(8-2)17-27-22-13-11-20(15-18(22)3)21-12-14-23-24(16-21)29-25(28-23)26(4,5)6;1-5(2,3)4/h7-17H,2H2,1,3-6H3,(H,28,29);1-4H3/b9-7-,19-10+,27-17?;. The molecule has 0 unspecified atom stereocenters. The summed E-state index contributed by atoms with van der Waals surface area (Å²) in [6.07, 6.45) is 9.61. The van der Waals surface area contributed by atoms with Crippen molar-refractivity contribution in [2.75, 3.05) is 0 Å². The van der Waals surface area contributed by atoms with Crippen molar-refractivity contribution in [2.45, 2.75) is 67.7 Å². The van der Waals surface area contributed by atoms with Crippen LogP contribution in [0.1, 0.15) is 66.8 Å². The van der Waals surface area contributed by atoms with Crippen molar-refractivity contribution in [3.8, 4) is 11.1 Å². The fourth-order valence-corrected chi connectivity index (χ4v) is 3.04. The van der Waals surface area contributed by atoms with Gasteiger partial charge in [-0.25, -0.2) is 4.98 Å². The van der Waals surface area contributed by atoms with E-state index in [1.807, 2.05) is 31.4 Å². The number of aromatic amines is 1. The first-order valence-electron chi connectivity index (χ1n) is 11.9. The highest BCUT2D eigenvalue weighted by Gasteiger charge is 2.18. The molecule has 0 radical (unpaired) electrons. The third-order valence-electron chi connectivity index (χ3n) is 4.79. The molecule has 3 heteroatoms. The van der Waals surface area contributed by atoms with E-state index in [9.17, 15) is 0 Å². The smallest absolute Gasteiger partial charge is 0.112 e. The normalized spacial score (nSPS) is 12.9. The monoisotopic (exact) mass is 455 g/mol. The number of benzene rings is 2. The van der Waals surface area contributed by atoms with Gasteiger partial charge in [-0.15, -0.1) is 0 Å². The van der Waals surface area contributed by atoms with Crippen molar-refractivity contribution in [1.82, 2.24) is 9.97 Å². The highest BCUT2D eigenvalue weighted by Crippen LogP contribution is 2.29. The fourth-order valence-electron chi connectivity index (χ4n) is 3.04. The van der Waals surface area contributed by atoms with E-state index in [0.29, 0.717) is 5.41 Å². The zero-order valence-electron chi connectivity index (χ0n) is 22.5. The average molecular weight is 456 g/mol. The summed E-state index contributed by atoms with van der Waals surface area (Å²) >= 11 is 0. The van der Waals surface area contributed by atoms with Crippen LogP contribution in [0.2, 0.25) is 0 Å². The van der Waals surface area contributed by atoms with Crippen molar-refractivity contribution in [3.05, 3.63) is 84.2 Å². The number of aromatic nitrogens is 2. The molecular formula is C31H41N3. The molecule has 1 heterocycles. The molecule has 3 aromatic rings. The van der Waals surface area contributed by atoms with Crippen molar-refractivity contribution in [3.63, 3.8) is 0 Å².